The van der Waals surface area contributed by atoms with Gasteiger partial charge in [0, 0.05) is 6.61 Å². The summed E-state index contributed by atoms with van der Waals surface area (Å²) in [5.74, 6) is 2.30. The van der Waals surface area contributed by atoms with Crippen LogP contribution >= 0.6 is 0 Å². The van der Waals surface area contributed by atoms with E-state index in [1.165, 1.54) is 25.7 Å². The normalized spacial score (nSPS) is 21.9. The van der Waals surface area contributed by atoms with Crippen LogP contribution in [-0.2, 0) is 16.9 Å². The van der Waals surface area contributed by atoms with Crippen molar-refractivity contribution in [1.82, 2.24) is 15.5 Å². The molecule has 1 N–H and O–H groups in total. The zero-order chi connectivity index (χ0) is 13.1. The summed E-state index contributed by atoms with van der Waals surface area (Å²) in [7, 11) is 0. The van der Waals surface area contributed by atoms with E-state index in [-0.39, 0.29) is 5.60 Å². The van der Waals surface area contributed by atoms with Crippen LogP contribution in [0.4, 0.5) is 0 Å². The molecule has 2 saturated carbocycles. The van der Waals surface area contributed by atoms with Crippen molar-refractivity contribution in [3.8, 4) is 0 Å². The van der Waals surface area contributed by atoms with Gasteiger partial charge in [0.2, 0.25) is 11.7 Å². The molecule has 0 saturated heterocycles. The number of hydrogen-bond donors (Lipinski definition) is 1. The quantitative estimate of drug-likeness (QED) is 0.820. The first kappa shape index (κ1) is 13.1. The van der Waals surface area contributed by atoms with Crippen molar-refractivity contribution in [3.05, 3.63) is 11.7 Å². The van der Waals surface area contributed by atoms with Gasteiger partial charge in [-0.05, 0) is 57.9 Å². The Morgan fingerprint density at radius 2 is 2.16 bits per heavy atom. The molecule has 3 rings (SSSR count). The van der Waals surface area contributed by atoms with Crippen LogP contribution in [0.2, 0.25) is 0 Å². The summed E-state index contributed by atoms with van der Waals surface area (Å²) >= 11 is 0. The molecule has 2 aliphatic carbocycles. The van der Waals surface area contributed by atoms with Crippen molar-refractivity contribution < 1.29 is 9.26 Å². The Hall–Kier alpha value is -0.940. The summed E-state index contributed by atoms with van der Waals surface area (Å²) in [5.41, 5.74) is -0.285. The molecule has 0 unspecified atom stereocenters. The van der Waals surface area contributed by atoms with Crippen LogP contribution in [0.3, 0.4) is 0 Å². The summed E-state index contributed by atoms with van der Waals surface area (Å²) in [5, 5.41) is 7.53. The van der Waals surface area contributed by atoms with Crippen molar-refractivity contribution >= 4 is 0 Å². The first-order valence-corrected chi connectivity index (χ1v) is 7.50. The molecule has 0 aliphatic heterocycles. The number of nitrogens with one attached hydrogen (secondary N) is 1. The Morgan fingerprint density at radius 1 is 1.37 bits per heavy atom. The smallest absolute Gasteiger partial charge is 0.240 e. The monoisotopic (exact) mass is 265 g/mol. The third-order valence-electron chi connectivity index (χ3n) is 4.11. The summed E-state index contributed by atoms with van der Waals surface area (Å²) in [4.78, 5) is 4.54. The average molecular weight is 265 g/mol. The lowest BCUT2D eigenvalue weighted by molar-refractivity contribution is -0.0469. The Morgan fingerprint density at radius 3 is 2.84 bits per heavy atom. The van der Waals surface area contributed by atoms with Crippen LogP contribution in [0.1, 0.15) is 57.2 Å². The van der Waals surface area contributed by atoms with Crippen LogP contribution in [0.25, 0.3) is 0 Å². The minimum Gasteiger partial charge on any atom is -0.367 e. The summed E-state index contributed by atoms with van der Waals surface area (Å²) < 4.78 is 11.3. The van der Waals surface area contributed by atoms with Gasteiger partial charge in [0.1, 0.15) is 5.60 Å². The van der Waals surface area contributed by atoms with Gasteiger partial charge in [-0.2, -0.15) is 4.98 Å². The van der Waals surface area contributed by atoms with Gasteiger partial charge < -0.3 is 14.6 Å². The summed E-state index contributed by atoms with van der Waals surface area (Å²) in [6.07, 6.45) is 7.10. The first-order valence-electron chi connectivity index (χ1n) is 7.50. The Labute approximate surface area is 114 Å². The molecule has 0 spiro atoms. The lowest BCUT2D eigenvalue weighted by Crippen LogP contribution is -2.27. The van der Waals surface area contributed by atoms with Gasteiger partial charge in [-0.1, -0.05) is 5.16 Å². The van der Waals surface area contributed by atoms with Gasteiger partial charge in [0.05, 0.1) is 6.54 Å². The van der Waals surface area contributed by atoms with Crippen LogP contribution in [0.5, 0.6) is 0 Å². The molecule has 0 radical (unpaired) electrons. The molecule has 5 heteroatoms. The molecular weight excluding hydrogens is 242 g/mol. The van der Waals surface area contributed by atoms with Gasteiger partial charge in [0.25, 0.3) is 0 Å². The van der Waals surface area contributed by atoms with E-state index in [1.54, 1.807) is 0 Å². The van der Waals surface area contributed by atoms with Crippen molar-refractivity contribution in [2.24, 2.45) is 5.92 Å². The van der Waals surface area contributed by atoms with Gasteiger partial charge >= 0.3 is 0 Å². The predicted octanol–water partition coefficient (Wildman–Crippen LogP) is 2.38. The summed E-state index contributed by atoms with van der Waals surface area (Å²) in [6.45, 7) is 4.46. The van der Waals surface area contributed by atoms with Crippen LogP contribution < -0.4 is 5.32 Å². The maximum atomic E-state index is 5.94. The molecule has 0 aromatic carbocycles. The number of hydrogen-bond acceptors (Lipinski definition) is 5. The molecule has 106 valence electrons. The second-order valence-corrected chi connectivity index (χ2v) is 5.72. The Kier molecular flexibility index (Phi) is 3.84. The second-order valence-electron chi connectivity index (χ2n) is 5.72. The Bertz CT molecular complexity index is 409. The lowest BCUT2D eigenvalue weighted by Gasteiger charge is -2.24. The van der Waals surface area contributed by atoms with Crippen LogP contribution in [0.15, 0.2) is 4.52 Å². The SMILES string of the molecule is CCOC1(c2noc(CNCC3CC3)n2)CCCC1. The van der Waals surface area contributed by atoms with E-state index in [0.717, 1.165) is 31.1 Å². The van der Waals surface area contributed by atoms with Crippen molar-refractivity contribution in [1.29, 1.82) is 0 Å². The standard InChI is InChI=1S/C14H23N3O2/c1-2-18-14(7-3-4-8-14)13-16-12(19-17-13)10-15-9-11-5-6-11/h11,15H,2-10H2,1H3. The highest BCUT2D eigenvalue weighted by Crippen LogP contribution is 2.40. The maximum Gasteiger partial charge on any atom is 0.240 e. The maximum absolute atomic E-state index is 5.94. The molecule has 5 nitrogen and oxygen atoms in total. The summed E-state index contributed by atoms with van der Waals surface area (Å²) in [6, 6.07) is 0. The first-order chi connectivity index (χ1) is 9.32. The highest BCUT2D eigenvalue weighted by molar-refractivity contribution is 5.04. The van der Waals surface area contributed by atoms with Gasteiger partial charge in [0.15, 0.2) is 0 Å². The average Bonchev–Trinajstić information content (AvgIpc) is 2.91. The van der Waals surface area contributed by atoms with Crippen molar-refractivity contribution in [2.75, 3.05) is 13.2 Å². The topological polar surface area (TPSA) is 60.2 Å². The van der Waals surface area contributed by atoms with E-state index in [0.29, 0.717) is 19.0 Å². The van der Waals surface area contributed by atoms with Gasteiger partial charge in [-0.25, -0.2) is 0 Å². The fourth-order valence-electron chi connectivity index (χ4n) is 2.87. The van der Waals surface area contributed by atoms with E-state index in [1.807, 2.05) is 6.92 Å². The minimum absolute atomic E-state index is 0.285. The molecule has 1 aromatic heterocycles. The van der Waals surface area contributed by atoms with E-state index in [4.69, 9.17) is 9.26 Å². The minimum atomic E-state index is -0.285. The van der Waals surface area contributed by atoms with Crippen molar-refractivity contribution in [2.45, 2.75) is 57.6 Å². The zero-order valence-corrected chi connectivity index (χ0v) is 11.7. The third-order valence-corrected chi connectivity index (χ3v) is 4.11. The molecule has 2 aliphatic rings. The molecule has 19 heavy (non-hydrogen) atoms. The molecule has 1 heterocycles. The van der Waals surface area contributed by atoms with Gasteiger partial charge in [-0.15, -0.1) is 0 Å². The van der Waals surface area contributed by atoms with Crippen LogP contribution in [-0.4, -0.2) is 23.3 Å². The molecule has 0 amide bonds. The number of aromatic nitrogens is 2. The fraction of sp³-hybridized carbons (Fsp3) is 0.857. The highest BCUT2D eigenvalue weighted by Gasteiger charge is 2.40. The molecule has 2 fully saturated rings. The molecular formula is C14H23N3O2. The van der Waals surface area contributed by atoms with E-state index in [2.05, 4.69) is 15.5 Å². The third kappa shape index (κ3) is 2.98. The molecule has 0 bridgehead atoms. The van der Waals surface area contributed by atoms with Crippen molar-refractivity contribution in [3.63, 3.8) is 0 Å². The Balaban J connectivity index is 1.61. The second kappa shape index (κ2) is 5.59. The molecule has 1 aromatic rings. The number of rotatable bonds is 7. The van der Waals surface area contributed by atoms with E-state index in [9.17, 15) is 0 Å². The number of nitrogens with zero attached hydrogens (tertiary/aromatic N) is 2. The largest absolute Gasteiger partial charge is 0.367 e. The van der Waals surface area contributed by atoms with Gasteiger partial charge in [-0.3, -0.25) is 0 Å². The number of ether oxygens (including phenoxy) is 1. The predicted molar refractivity (Wildman–Crippen MR) is 70.5 cm³/mol. The van der Waals surface area contributed by atoms with E-state index < -0.39 is 0 Å². The zero-order valence-electron chi connectivity index (χ0n) is 11.7. The molecule has 0 atom stereocenters. The lowest BCUT2D eigenvalue weighted by atomic mass is 10.0. The highest BCUT2D eigenvalue weighted by atomic mass is 16.5. The van der Waals surface area contributed by atoms with Crippen LogP contribution in [0, 0.1) is 5.92 Å². The van der Waals surface area contributed by atoms with E-state index >= 15 is 0 Å². The fourth-order valence-corrected chi connectivity index (χ4v) is 2.87.